The van der Waals surface area contributed by atoms with Crippen molar-refractivity contribution in [3.8, 4) is 11.8 Å². The van der Waals surface area contributed by atoms with Gasteiger partial charge in [-0.25, -0.2) is 0 Å². The number of alkyl halides is 3. The molecule has 4 heteroatoms. The molecular formula is C9H13Cl3O. The molecule has 0 aromatic rings. The maximum atomic E-state index is 9.17. The van der Waals surface area contributed by atoms with E-state index in [0.717, 1.165) is 25.7 Å². The molecule has 0 heterocycles. The molecule has 1 nitrogen and oxygen atoms in total. The van der Waals surface area contributed by atoms with Gasteiger partial charge in [0.25, 0.3) is 0 Å². The zero-order valence-electron chi connectivity index (χ0n) is 7.49. The molecule has 0 saturated heterocycles. The summed E-state index contributed by atoms with van der Waals surface area (Å²) < 4.78 is -1.70. The number of hydrogen-bond acceptors (Lipinski definition) is 1. The van der Waals surface area contributed by atoms with Gasteiger partial charge in [0.2, 0.25) is 3.79 Å². The second-order valence-electron chi connectivity index (χ2n) is 2.72. The van der Waals surface area contributed by atoms with Gasteiger partial charge in [0.15, 0.2) is 6.10 Å². The molecule has 0 radical (unpaired) electrons. The fourth-order valence-corrected chi connectivity index (χ4v) is 0.878. The van der Waals surface area contributed by atoms with Crippen molar-refractivity contribution in [1.82, 2.24) is 0 Å². The predicted molar refractivity (Wildman–Crippen MR) is 58.2 cm³/mol. The van der Waals surface area contributed by atoms with Crippen molar-refractivity contribution in [2.24, 2.45) is 0 Å². The third-order valence-corrected chi connectivity index (χ3v) is 2.07. The Bertz CT molecular complexity index is 187. The first-order valence-electron chi connectivity index (χ1n) is 4.21. The molecule has 1 unspecified atom stereocenters. The first kappa shape index (κ1) is 13.4. The lowest BCUT2D eigenvalue weighted by Crippen LogP contribution is -2.22. The third-order valence-electron chi connectivity index (χ3n) is 1.45. The van der Waals surface area contributed by atoms with Gasteiger partial charge in [-0.15, -0.1) is 5.92 Å². The Kier molecular flexibility index (Phi) is 6.99. The zero-order chi connectivity index (χ0) is 10.3. The lowest BCUT2D eigenvalue weighted by atomic mass is 10.2. The van der Waals surface area contributed by atoms with Gasteiger partial charge in [-0.05, 0) is 6.42 Å². The largest absolute Gasteiger partial charge is 0.376 e. The minimum Gasteiger partial charge on any atom is -0.376 e. The highest BCUT2D eigenvalue weighted by Crippen LogP contribution is 2.29. The number of hydrogen-bond donors (Lipinski definition) is 1. The number of aliphatic hydroxyl groups excluding tert-OH is 1. The van der Waals surface area contributed by atoms with Crippen LogP contribution in [0.1, 0.15) is 32.6 Å². The molecule has 0 aliphatic heterocycles. The van der Waals surface area contributed by atoms with Gasteiger partial charge in [0.05, 0.1) is 0 Å². The molecule has 1 N–H and O–H groups in total. The van der Waals surface area contributed by atoms with E-state index >= 15 is 0 Å². The van der Waals surface area contributed by atoms with E-state index in [1.54, 1.807) is 0 Å². The van der Waals surface area contributed by atoms with Crippen LogP contribution in [0.15, 0.2) is 0 Å². The van der Waals surface area contributed by atoms with Gasteiger partial charge in [-0.2, -0.15) is 0 Å². The van der Waals surface area contributed by atoms with E-state index in [2.05, 4.69) is 18.8 Å². The van der Waals surface area contributed by atoms with Crippen LogP contribution in [-0.4, -0.2) is 15.0 Å². The van der Waals surface area contributed by atoms with Gasteiger partial charge in [-0.1, -0.05) is 60.5 Å². The van der Waals surface area contributed by atoms with Crippen molar-refractivity contribution in [2.45, 2.75) is 42.5 Å². The molecule has 0 aliphatic carbocycles. The quantitative estimate of drug-likeness (QED) is 0.458. The summed E-state index contributed by atoms with van der Waals surface area (Å²) >= 11 is 16.2. The molecule has 13 heavy (non-hydrogen) atoms. The van der Waals surface area contributed by atoms with E-state index in [0.29, 0.717) is 0 Å². The van der Waals surface area contributed by atoms with Crippen molar-refractivity contribution in [2.75, 3.05) is 0 Å². The van der Waals surface area contributed by atoms with Gasteiger partial charge in [-0.3, -0.25) is 0 Å². The maximum Gasteiger partial charge on any atom is 0.227 e. The van der Waals surface area contributed by atoms with Crippen LogP contribution in [0.5, 0.6) is 0 Å². The van der Waals surface area contributed by atoms with Crippen molar-refractivity contribution in [1.29, 1.82) is 0 Å². The average Bonchev–Trinajstić information content (AvgIpc) is 2.02. The Morgan fingerprint density at radius 1 is 1.31 bits per heavy atom. The molecule has 0 bridgehead atoms. The molecule has 0 spiro atoms. The Morgan fingerprint density at radius 3 is 2.38 bits per heavy atom. The first-order chi connectivity index (χ1) is 5.98. The lowest BCUT2D eigenvalue weighted by Gasteiger charge is -2.12. The van der Waals surface area contributed by atoms with Gasteiger partial charge >= 0.3 is 0 Å². The lowest BCUT2D eigenvalue weighted by molar-refractivity contribution is 0.237. The summed E-state index contributed by atoms with van der Waals surface area (Å²) in [5, 5.41) is 9.17. The Balaban J connectivity index is 3.70. The van der Waals surface area contributed by atoms with Crippen LogP contribution >= 0.6 is 34.8 Å². The molecule has 0 aromatic heterocycles. The molecule has 76 valence electrons. The summed E-state index contributed by atoms with van der Waals surface area (Å²) in [5.41, 5.74) is 0. The van der Waals surface area contributed by atoms with Crippen LogP contribution in [-0.2, 0) is 0 Å². The minimum atomic E-state index is -1.70. The fourth-order valence-electron chi connectivity index (χ4n) is 0.714. The first-order valence-corrected chi connectivity index (χ1v) is 5.35. The molecule has 0 fully saturated rings. The molecule has 0 rings (SSSR count). The summed E-state index contributed by atoms with van der Waals surface area (Å²) in [6.45, 7) is 2.11. The average molecular weight is 244 g/mol. The van der Waals surface area contributed by atoms with Crippen molar-refractivity contribution < 1.29 is 5.11 Å². The molecule has 0 aromatic carbocycles. The molecule has 0 amide bonds. The number of halogens is 3. The summed E-state index contributed by atoms with van der Waals surface area (Å²) in [6.07, 6.45) is 2.86. The fraction of sp³-hybridized carbons (Fsp3) is 0.778. The second kappa shape index (κ2) is 6.79. The van der Waals surface area contributed by atoms with E-state index in [9.17, 15) is 5.11 Å². The highest BCUT2D eigenvalue weighted by molar-refractivity contribution is 6.68. The van der Waals surface area contributed by atoms with Crippen LogP contribution in [0.25, 0.3) is 0 Å². The smallest absolute Gasteiger partial charge is 0.227 e. The molecular weight excluding hydrogens is 230 g/mol. The van der Waals surface area contributed by atoms with E-state index < -0.39 is 9.90 Å². The third kappa shape index (κ3) is 7.46. The molecule has 0 saturated carbocycles. The van der Waals surface area contributed by atoms with Crippen LogP contribution < -0.4 is 0 Å². The van der Waals surface area contributed by atoms with E-state index in [1.807, 2.05) is 0 Å². The Hall–Kier alpha value is 0.390. The van der Waals surface area contributed by atoms with Gasteiger partial charge in [0, 0.05) is 6.42 Å². The number of rotatable bonds is 3. The summed E-state index contributed by atoms with van der Waals surface area (Å²) in [5.74, 6) is 5.26. The monoisotopic (exact) mass is 242 g/mol. The topological polar surface area (TPSA) is 20.2 Å². The Labute approximate surface area is 94.4 Å². The second-order valence-corrected chi connectivity index (χ2v) is 5.09. The van der Waals surface area contributed by atoms with Crippen molar-refractivity contribution in [3.05, 3.63) is 0 Å². The number of aliphatic hydroxyl groups is 1. The summed E-state index contributed by atoms with van der Waals surface area (Å²) in [6, 6.07) is 0. The van der Waals surface area contributed by atoms with Crippen LogP contribution in [0.4, 0.5) is 0 Å². The summed E-state index contributed by atoms with van der Waals surface area (Å²) in [7, 11) is 0. The predicted octanol–water partition coefficient (Wildman–Crippen LogP) is 3.30. The standard InChI is InChI=1S/C9H13Cl3O/c1-2-3-4-5-6-7-8(13)9(10,11)12/h8,13H,2-5H2,1H3. The number of unbranched alkanes of at least 4 members (excludes halogenated alkanes) is 3. The SMILES string of the molecule is CCCCCC#CC(O)C(Cl)(Cl)Cl. The van der Waals surface area contributed by atoms with Crippen LogP contribution in [0, 0.1) is 11.8 Å². The zero-order valence-corrected chi connectivity index (χ0v) is 9.75. The molecule has 0 aliphatic rings. The summed E-state index contributed by atoms with van der Waals surface area (Å²) in [4.78, 5) is 0. The van der Waals surface area contributed by atoms with Gasteiger partial charge in [0.1, 0.15) is 0 Å². The van der Waals surface area contributed by atoms with E-state index in [-0.39, 0.29) is 0 Å². The highest BCUT2D eigenvalue weighted by atomic mass is 35.6. The minimum absolute atomic E-state index is 0.742. The van der Waals surface area contributed by atoms with Crippen LogP contribution in [0.2, 0.25) is 0 Å². The van der Waals surface area contributed by atoms with Crippen molar-refractivity contribution in [3.63, 3.8) is 0 Å². The molecule has 1 atom stereocenters. The van der Waals surface area contributed by atoms with E-state index in [4.69, 9.17) is 34.8 Å². The highest BCUT2D eigenvalue weighted by Gasteiger charge is 2.28. The normalized spacial score (nSPS) is 13.3. The van der Waals surface area contributed by atoms with Crippen LogP contribution in [0.3, 0.4) is 0 Å². The van der Waals surface area contributed by atoms with Gasteiger partial charge < -0.3 is 5.11 Å². The maximum absolute atomic E-state index is 9.17. The Morgan fingerprint density at radius 2 is 1.92 bits per heavy atom. The van der Waals surface area contributed by atoms with Crippen molar-refractivity contribution >= 4 is 34.8 Å². The van der Waals surface area contributed by atoms with E-state index in [1.165, 1.54) is 0 Å².